The quantitative estimate of drug-likeness (QED) is 0.282. The molecule has 0 unspecified atom stereocenters. The topological polar surface area (TPSA) is 105 Å². The number of anilines is 1. The van der Waals surface area contributed by atoms with Crippen LogP contribution in [0.25, 0.3) is 0 Å². The highest BCUT2D eigenvalue weighted by Crippen LogP contribution is 2.27. The maximum atomic E-state index is 14.0. The molecule has 220 valence electrons. The average Bonchev–Trinajstić information content (AvgIpc) is 2.99. The number of sulfonamides is 1. The first kappa shape index (κ1) is 31.8. The number of methoxy groups -OCH3 is 2. The van der Waals surface area contributed by atoms with Crippen LogP contribution in [0.5, 0.6) is 11.5 Å². The van der Waals surface area contributed by atoms with Gasteiger partial charge in [-0.05, 0) is 79.1 Å². The van der Waals surface area contributed by atoms with Crippen molar-refractivity contribution < 1.29 is 27.5 Å². The molecule has 0 aromatic heterocycles. The van der Waals surface area contributed by atoms with Gasteiger partial charge in [-0.3, -0.25) is 13.9 Å². The number of ether oxygens (including phenoxy) is 2. The molecule has 41 heavy (non-hydrogen) atoms. The second-order valence-electron chi connectivity index (χ2n) is 9.25. The number of nitrogens with zero attached hydrogens (tertiary/aromatic N) is 2. The van der Waals surface area contributed by atoms with Crippen LogP contribution in [-0.4, -0.2) is 58.5 Å². The van der Waals surface area contributed by atoms with Gasteiger partial charge in [0, 0.05) is 18.1 Å². The van der Waals surface area contributed by atoms with Crippen LogP contribution in [0.2, 0.25) is 5.02 Å². The van der Waals surface area contributed by atoms with Gasteiger partial charge >= 0.3 is 0 Å². The zero-order valence-electron chi connectivity index (χ0n) is 23.7. The molecule has 0 aliphatic heterocycles. The smallest absolute Gasteiger partial charge is 0.264 e. The zero-order valence-corrected chi connectivity index (χ0v) is 25.2. The molecule has 0 heterocycles. The van der Waals surface area contributed by atoms with E-state index >= 15 is 0 Å². The van der Waals surface area contributed by atoms with Gasteiger partial charge in [0.2, 0.25) is 11.8 Å². The van der Waals surface area contributed by atoms with Crippen molar-refractivity contribution in [3.63, 3.8) is 0 Å². The van der Waals surface area contributed by atoms with E-state index < -0.39 is 28.5 Å². The van der Waals surface area contributed by atoms with Gasteiger partial charge < -0.3 is 19.7 Å². The number of nitrogens with one attached hydrogen (secondary N) is 1. The largest absolute Gasteiger partial charge is 0.497 e. The molecule has 0 radical (unpaired) electrons. The molecule has 1 atom stereocenters. The lowest BCUT2D eigenvalue weighted by molar-refractivity contribution is -0.140. The van der Waals surface area contributed by atoms with Crippen LogP contribution in [0.15, 0.2) is 77.7 Å². The van der Waals surface area contributed by atoms with E-state index in [9.17, 15) is 18.0 Å². The Morgan fingerprint density at radius 1 is 0.878 bits per heavy atom. The van der Waals surface area contributed by atoms with Crippen molar-refractivity contribution in [2.24, 2.45) is 0 Å². The van der Waals surface area contributed by atoms with E-state index in [1.165, 1.54) is 48.4 Å². The first-order chi connectivity index (χ1) is 19.6. The van der Waals surface area contributed by atoms with Crippen molar-refractivity contribution in [3.8, 4) is 11.5 Å². The molecule has 0 bridgehead atoms. The Morgan fingerprint density at radius 3 is 1.95 bits per heavy atom. The van der Waals surface area contributed by atoms with Crippen LogP contribution in [0.3, 0.4) is 0 Å². The summed E-state index contributed by atoms with van der Waals surface area (Å²) in [5, 5.41) is 3.29. The van der Waals surface area contributed by atoms with Crippen molar-refractivity contribution in [3.05, 3.63) is 83.4 Å². The van der Waals surface area contributed by atoms with Crippen LogP contribution in [0, 0.1) is 0 Å². The van der Waals surface area contributed by atoms with Gasteiger partial charge in [-0.15, -0.1) is 0 Å². The molecule has 11 heteroatoms. The fourth-order valence-corrected chi connectivity index (χ4v) is 5.76. The van der Waals surface area contributed by atoms with Crippen molar-refractivity contribution >= 4 is 39.1 Å². The number of rotatable bonds is 14. The molecule has 3 aromatic rings. The zero-order chi connectivity index (χ0) is 30.0. The third-order valence-electron chi connectivity index (χ3n) is 6.49. The van der Waals surface area contributed by atoms with E-state index in [0.717, 1.165) is 16.3 Å². The molecule has 0 aliphatic rings. The van der Waals surface area contributed by atoms with Gasteiger partial charge in [-0.1, -0.05) is 37.6 Å². The first-order valence-corrected chi connectivity index (χ1v) is 15.1. The lowest BCUT2D eigenvalue weighted by atomic mass is 10.1. The number of amides is 2. The van der Waals surface area contributed by atoms with Gasteiger partial charge in [0.05, 0.1) is 24.8 Å². The Kier molecular flexibility index (Phi) is 11.4. The predicted molar refractivity (Wildman–Crippen MR) is 160 cm³/mol. The first-order valence-electron chi connectivity index (χ1n) is 13.3. The van der Waals surface area contributed by atoms with Crippen molar-refractivity contribution in [1.82, 2.24) is 10.2 Å². The molecule has 2 amide bonds. The van der Waals surface area contributed by atoms with E-state index in [2.05, 4.69) is 5.32 Å². The van der Waals surface area contributed by atoms with Gasteiger partial charge in [-0.2, -0.15) is 0 Å². The second-order valence-corrected chi connectivity index (χ2v) is 11.5. The molecule has 0 fully saturated rings. The maximum Gasteiger partial charge on any atom is 0.264 e. The second kappa shape index (κ2) is 14.7. The summed E-state index contributed by atoms with van der Waals surface area (Å²) in [6.45, 7) is 3.77. The lowest BCUT2D eigenvalue weighted by Gasteiger charge is -2.33. The van der Waals surface area contributed by atoms with Gasteiger partial charge in [0.25, 0.3) is 10.0 Å². The molecule has 9 nitrogen and oxygen atoms in total. The summed E-state index contributed by atoms with van der Waals surface area (Å²) in [5.41, 5.74) is 1.02. The third-order valence-corrected chi connectivity index (χ3v) is 8.53. The number of hydrogen-bond donors (Lipinski definition) is 1. The van der Waals surface area contributed by atoms with Crippen molar-refractivity contribution in [2.45, 2.75) is 44.2 Å². The third kappa shape index (κ3) is 8.14. The molecule has 0 spiro atoms. The molecule has 3 rings (SSSR count). The number of carbonyl (C=O) groups excluding carboxylic acids is 2. The van der Waals surface area contributed by atoms with Crippen LogP contribution < -0.4 is 19.1 Å². The minimum atomic E-state index is -4.20. The van der Waals surface area contributed by atoms with Gasteiger partial charge in [-0.25, -0.2) is 8.42 Å². The average molecular weight is 602 g/mol. The highest BCUT2D eigenvalue weighted by atomic mass is 35.5. The molecule has 1 N–H and O–H groups in total. The fourth-order valence-electron chi connectivity index (χ4n) is 4.22. The summed E-state index contributed by atoms with van der Waals surface area (Å²) in [5.74, 6) is 0.310. The van der Waals surface area contributed by atoms with Crippen LogP contribution in [0.4, 0.5) is 5.69 Å². The molecule has 0 aliphatic carbocycles. The fraction of sp³-hybridized carbons (Fsp3) is 0.333. The van der Waals surface area contributed by atoms with Crippen LogP contribution in [0.1, 0.15) is 32.3 Å². The highest BCUT2D eigenvalue weighted by molar-refractivity contribution is 7.92. The summed E-state index contributed by atoms with van der Waals surface area (Å²) >= 11 is 6.08. The van der Waals surface area contributed by atoms with E-state index in [4.69, 9.17) is 21.1 Å². The lowest BCUT2D eigenvalue weighted by Crippen LogP contribution is -2.52. The summed E-state index contributed by atoms with van der Waals surface area (Å²) in [7, 11) is -1.15. The van der Waals surface area contributed by atoms with Crippen LogP contribution >= 0.6 is 11.6 Å². The standard InChI is InChI=1S/C30H36ClN3O6S/c1-5-19-32-30(36)28(6-2)33(20-22-7-13-25(39-3)14-8-22)29(35)21-34(24-11-9-23(31)10-12-24)41(37,38)27-17-15-26(40-4)16-18-27/h7-18,28H,5-6,19-21H2,1-4H3,(H,32,36)/t28-/m0/s1. The molecular weight excluding hydrogens is 566 g/mol. The monoisotopic (exact) mass is 601 g/mol. The Hall–Kier alpha value is -3.76. The van der Waals surface area contributed by atoms with Crippen molar-refractivity contribution in [1.29, 1.82) is 0 Å². The van der Waals surface area contributed by atoms with E-state index in [-0.39, 0.29) is 23.0 Å². The Morgan fingerprint density at radius 2 is 1.44 bits per heavy atom. The summed E-state index contributed by atoms with van der Waals surface area (Å²) < 4.78 is 39.3. The minimum Gasteiger partial charge on any atom is -0.497 e. The van der Waals surface area contributed by atoms with E-state index in [1.807, 2.05) is 13.8 Å². The van der Waals surface area contributed by atoms with E-state index in [1.54, 1.807) is 43.5 Å². The SMILES string of the molecule is CCCNC(=O)[C@H](CC)N(Cc1ccc(OC)cc1)C(=O)CN(c1ccc(Cl)cc1)S(=O)(=O)c1ccc(OC)cc1. The Bertz CT molecular complexity index is 1400. The summed E-state index contributed by atoms with van der Waals surface area (Å²) in [4.78, 5) is 28.6. The maximum absolute atomic E-state index is 14.0. The number of benzene rings is 3. The number of hydrogen-bond acceptors (Lipinski definition) is 6. The number of halogens is 1. The Labute approximate surface area is 247 Å². The number of carbonyl (C=O) groups is 2. The normalized spacial score (nSPS) is 11.8. The summed E-state index contributed by atoms with van der Waals surface area (Å²) in [6, 6.07) is 18.4. The van der Waals surface area contributed by atoms with Gasteiger partial charge in [0.1, 0.15) is 24.1 Å². The van der Waals surface area contributed by atoms with Gasteiger partial charge in [0.15, 0.2) is 0 Å². The molecule has 3 aromatic carbocycles. The predicted octanol–water partition coefficient (Wildman–Crippen LogP) is 4.89. The van der Waals surface area contributed by atoms with Crippen LogP contribution in [-0.2, 0) is 26.2 Å². The summed E-state index contributed by atoms with van der Waals surface area (Å²) in [6.07, 6.45) is 1.07. The molecule has 0 saturated heterocycles. The highest BCUT2D eigenvalue weighted by Gasteiger charge is 2.33. The van der Waals surface area contributed by atoms with E-state index in [0.29, 0.717) is 29.5 Å². The molecular formula is C30H36ClN3O6S. The molecule has 0 saturated carbocycles. The minimum absolute atomic E-state index is 0.0181. The van der Waals surface area contributed by atoms with Crippen molar-refractivity contribution in [2.75, 3.05) is 31.6 Å². The Balaban J connectivity index is 2.04.